The molecule has 0 aromatic heterocycles. The second-order valence-electron chi connectivity index (χ2n) is 4.82. The van der Waals surface area contributed by atoms with Crippen LogP contribution < -0.4 is 9.84 Å². The summed E-state index contributed by atoms with van der Waals surface area (Å²) in [6.45, 7) is -1.22. The van der Waals surface area contributed by atoms with E-state index in [-0.39, 0.29) is 20.7 Å². The highest BCUT2D eigenvalue weighted by atomic mass is 35.5. The van der Waals surface area contributed by atoms with Crippen molar-refractivity contribution in [2.24, 2.45) is 0 Å². The van der Waals surface area contributed by atoms with Crippen LogP contribution in [0.15, 0.2) is 17.0 Å². The van der Waals surface area contributed by atoms with Gasteiger partial charge in [0.15, 0.2) is 5.75 Å². The fraction of sp³-hybridized carbons (Fsp3) is 0.200. The topological polar surface area (TPSA) is 113 Å². The van der Waals surface area contributed by atoms with Gasteiger partial charge in [0.05, 0.1) is 28.0 Å². The zero-order chi connectivity index (χ0) is 19.4. The lowest BCUT2D eigenvalue weighted by molar-refractivity contribution is -0.307. The van der Waals surface area contributed by atoms with Crippen molar-refractivity contribution in [3.63, 3.8) is 0 Å². The SMILES string of the molecule is COC(=O)CN1C(=O)S/C(=C/c2cc(Cl)c(OCC(=O)[O-])c(Cl)c2)C1=O. The van der Waals surface area contributed by atoms with E-state index < -0.39 is 36.2 Å². The van der Waals surface area contributed by atoms with Crippen LogP contribution in [0.5, 0.6) is 5.75 Å². The predicted octanol–water partition coefficient (Wildman–Crippen LogP) is 1.33. The van der Waals surface area contributed by atoms with Gasteiger partial charge in [0.25, 0.3) is 11.1 Å². The summed E-state index contributed by atoms with van der Waals surface area (Å²) in [5.74, 6) is -2.88. The van der Waals surface area contributed by atoms with E-state index in [1.807, 2.05) is 0 Å². The van der Waals surface area contributed by atoms with E-state index in [4.69, 9.17) is 27.9 Å². The number of hydrogen-bond acceptors (Lipinski definition) is 8. The van der Waals surface area contributed by atoms with E-state index in [2.05, 4.69) is 4.74 Å². The lowest BCUT2D eigenvalue weighted by Gasteiger charge is -2.11. The third-order valence-corrected chi connectivity index (χ3v) is 4.51. The number of aliphatic carboxylic acids is 1. The van der Waals surface area contributed by atoms with E-state index in [1.165, 1.54) is 18.2 Å². The molecule has 1 fully saturated rings. The van der Waals surface area contributed by atoms with Crippen LogP contribution in [-0.2, 0) is 19.1 Å². The first kappa shape index (κ1) is 20.1. The normalized spacial score (nSPS) is 15.5. The van der Waals surface area contributed by atoms with Crippen LogP contribution in [0, 0.1) is 0 Å². The molecule has 1 aliphatic heterocycles. The molecule has 0 unspecified atom stereocenters. The standard InChI is InChI=1S/C15H11Cl2NO7S/c1-24-12(21)5-18-14(22)10(26-15(18)23)4-7-2-8(16)13(9(17)3-7)25-6-11(19)20/h2-4H,5-6H2,1H3,(H,19,20)/p-1/b10-4+. The molecule has 1 aromatic carbocycles. The number of halogens is 2. The van der Waals surface area contributed by atoms with Crippen LogP contribution in [0.3, 0.4) is 0 Å². The number of imide groups is 1. The maximum atomic E-state index is 12.2. The van der Waals surface area contributed by atoms with Gasteiger partial charge in [0.2, 0.25) is 0 Å². The fourth-order valence-corrected chi connectivity index (χ4v) is 3.36. The number of rotatable bonds is 6. The molecule has 0 radical (unpaired) electrons. The Bertz CT molecular complexity index is 801. The Morgan fingerprint density at radius 2 is 1.88 bits per heavy atom. The average Bonchev–Trinajstić information content (AvgIpc) is 2.81. The molecule has 1 aromatic rings. The fourth-order valence-electron chi connectivity index (χ4n) is 1.91. The van der Waals surface area contributed by atoms with Gasteiger partial charge in [-0.3, -0.25) is 19.3 Å². The average molecular weight is 419 g/mol. The second kappa shape index (κ2) is 8.43. The zero-order valence-electron chi connectivity index (χ0n) is 13.1. The number of carbonyl (C=O) groups is 4. The number of carbonyl (C=O) groups excluding carboxylic acids is 4. The quantitative estimate of drug-likeness (QED) is 0.502. The second-order valence-corrected chi connectivity index (χ2v) is 6.63. The van der Waals surface area contributed by atoms with Crippen molar-refractivity contribution in [1.82, 2.24) is 4.90 Å². The molecule has 1 heterocycles. The van der Waals surface area contributed by atoms with Gasteiger partial charge in [-0.25, -0.2) is 0 Å². The van der Waals surface area contributed by atoms with Crippen LogP contribution >= 0.6 is 35.0 Å². The first-order chi connectivity index (χ1) is 12.2. The molecule has 8 nitrogen and oxygen atoms in total. The van der Waals surface area contributed by atoms with Crippen LogP contribution in [-0.4, -0.2) is 48.2 Å². The van der Waals surface area contributed by atoms with Crippen molar-refractivity contribution in [3.8, 4) is 5.75 Å². The van der Waals surface area contributed by atoms with Gasteiger partial charge in [-0.05, 0) is 35.5 Å². The molecule has 138 valence electrons. The van der Waals surface area contributed by atoms with Crippen molar-refractivity contribution in [2.75, 3.05) is 20.3 Å². The molecule has 0 atom stereocenters. The summed E-state index contributed by atoms with van der Waals surface area (Å²) in [4.78, 5) is 46.6. The Kier molecular flexibility index (Phi) is 6.52. The number of benzene rings is 1. The number of ether oxygens (including phenoxy) is 2. The van der Waals surface area contributed by atoms with E-state index in [0.717, 1.165) is 12.0 Å². The van der Waals surface area contributed by atoms with Crippen LogP contribution in [0.2, 0.25) is 10.0 Å². The summed E-state index contributed by atoms with van der Waals surface area (Å²) >= 11 is 12.7. The minimum absolute atomic E-state index is 0.0128. The van der Waals surface area contributed by atoms with Crippen LogP contribution in [0.25, 0.3) is 6.08 Å². The smallest absolute Gasteiger partial charge is 0.325 e. The number of carboxylic acid groups (broad SMARTS) is 1. The number of methoxy groups -OCH3 is 1. The number of amides is 2. The first-order valence-corrected chi connectivity index (χ1v) is 8.44. The first-order valence-electron chi connectivity index (χ1n) is 6.86. The maximum Gasteiger partial charge on any atom is 0.325 e. The molecule has 1 saturated heterocycles. The Balaban J connectivity index is 2.24. The molecule has 0 aliphatic carbocycles. The third kappa shape index (κ3) is 4.69. The highest BCUT2D eigenvalue weighted by Crippen LogP contribution is 2.37. The van der Waals surface area contributed by atoms with Crippen molar-refractivity contribution < 1.29 is 33.8 Å². The van der Waals surface area contributed by atoms with Crippen molar-refractivity contribution in [1.29, 1.82) is 0 Å². The Labute approximate surface area is 161 Å². The Morgan fingerprint density at radius 3 is 2.42 bits per heavy atom. The lowest BCUT2D eigenvalue weighted by atomic mass is 10.2. The monoisotopic (exact) mass is 418 g/mol. The summed E-state index contributed by atoms with van der Waals surface area (Å²) in [6.07, 6.45) is 1.36. The van der Waals surface area contributed by atoms with Gasteiger partial charge in [-0.15, -0.1) is 0 Å². The molecule has 0 spiro atoms. The number of carboxylic acids is 1. The zero-order valence-corrected chi connectivity index (χ0v) is 15.4. The maximum absolute atomic E-state index is 12.2. The molecule has 26 heavy (non-hydrogen) atoms. The number of nitrogens with zero attached hydrogens (tertiary/aromatic N) is 1. The molecular weight excluding hydrogens is 409 g/mol. The van der Waals surface area contributed by atoms with E-state index in [0.29, 0.717) is 17.3 Å². The van der Waals surface area contributed by atoms with Crippen molar-refractivity contribution in [2.45, 2.75) is 0 Å². The number of thioether (sulfide) groups is 1. The summed E-state index contributed by atoms with van der Waals surface area (Å²) in [5.41, 5.74) is 0.379. The van der Waals surface area contributed by atoms with Gasteiger partial charge in [0.1, 0.15) is 13.2 Å². The molecule has 0 bridgehead atoms. The Hall–Kier alpha value is -2.23. The summed E-state index contributed by atoms with van der Waals surface area (Å²) in [6, 6.07) is 2.76. The molecule has 2 rings (SSSR count). The largest absolute Gasteiger partial charge is 0.546 e. The molecule has 2 amide bonds. The van der Waals surface area contributed by atoms with Crippen molar-refractivity contribution in [3.05, 3.63) is 32.6 Å². The molecule has 11 heteroatoms. The molecule has 0 saturated carbocycles. The predicted molar refractivity (Wildman–Crippen MR) is 91.7 cm³/mol. The van der Waals surface area contributed by atoms with Gasteiger partial charge in [0, 0.05) is 0 Å². The lowest BCUT2D eigenvalue weighted by Crippen LogP contribution is -2.34. The number of esters is 1. The Morgan fingerprint density at radius 1 is 1.27 bits per heavy atom. The van der Waals surface area contributed by atoms with E-state index in [9.17, 15) is 24.3 Å². The van der Waals surface area contributed by atoms with Crippen molar-refractivity contribution >= 4 is 64.1 Å². The minimum atomic E-state index is -1.44. The van der Waals surface area contributed by atoms with Crippen LogP contribution in [0.4, 0.5) is 4.79 Å². The highest BCUT2D eigenvalue weighted by Gasteiger charge is 2.36. The number of hydrogen-bond donors (Lipinski definition) is 0. The van der Waals surface area contributed by atoms with Gasteiger partial charge >= 0.3 is 5.97 Å². The molecule has 1 aliphatic rings. The highest BCUT2D eigenvalue weighted by molar-refractivity contribution is 8.18. The third-order valence-electron chi connectivity index (χ3n) is 3.04. The molecular formula is C15H10Cl2NO7S-. The summed E-state index contributed by atoms with van der Waals surface area (Å²) < 4.78 is 9.37. The minimum Gasteiger partial charge on any atom is -0.546 e. The van der Waals surface area contributed by atoms with Gasteiger partial charge in [-0.2, -0.15) is 0 Å². The van der Waals surface area contributed by atoms with Gasteiger partial charge < -0.3 is 19.4 Å². The summed E-state index contributed by atoms with van der Waals surface area (Å²) in [7, 11) is 1.14. The van der Waals surface area contributed by atoms with E-state index in [1.54, 1.807) is 0 Å². The van der Waals surface area contributed by atoms with E-state index >= 15 is 0 Å². The van der Waals surface area contributed by atoms with Crippen LogP contribution in [0.1, 0.15) is 5.56 Å². The van der Waals surface area contributed by atoms with Gasteiger partial charge in [-0.1, -0.05) is 23.2 Å². The molecule has 0 N–H and O–H groups in total. The summed E-state index contributed by atoms with van der Waals surface area (Å²) in [5, 5.41) is 9.86.